The summed E-state index contributed by atoms with van der Waals surface area (Å²) in [4.78, 5) is 0. The molecule has 0 spiro atoms. The third-order valence-corrected chi connectivity index (χ3v) is 10.0. The van der Waals surface area contributed by atoms with E-state index in [9.17, 15) is 5.11 Å². The molecule has 8 rings (SSSR count). The molecule has 1 aromatic rings. The van der Waals surface area contributed by atoms with E-state index in [-0.39, 0.29) is 6.61 Å². The smallest absolute Gasteiger partial charge is 0.0644 e. The van der Waals surface area contributed by atoms with Crippen molar-refractivity contribution < 1.29 is 10.2 Å². The van der Waals surface area contributed by atoms with E-state index in [0.29, 0.717) is 28.8 Å². The Hall–Kier alpha value is -1.12. The maximum absolute atomic E-state index is 9.42. The van der Waals surface area contributed by atoms with Gasteiger partial charge >= 0.3 is 0 Å². The maximum atomic E-state index is 9.42. The van der Waals surface area contributed by atoms with E-state index >= 15 is 0 Å². The Balaban J connectivity index is 0.000000113. The van der Waals surface area contributed by atoms with Gasteiger partial charge in [0, 0.05) is 6.61 Å². The number of hydrogen-bond donors (Lipinski definition) is 2. The molecule has 7 aliphatic carbocycles. The molecule has 5 fully saturated rings. The van der Waals surface area contributed by atoms with Gasteiger partial charge < -0.3 is 10.2 Å². The van der Waals surface area contributed by atoms with Crippen molar-refractivity contribution in [2.24, 2.45) is 45.8 Å². The number of hydrogen-bond acceptors (Lipinski definition) is 2. The van der Waals surface area contributed by atoms with Gasteiger partial charge in [-0.2, -0.15) is 0 Å². The number of aryl methyl sites for hydroxylation is 1. The van der Waals surface area contributed by atoms with Crippen LogP contribution in [0.15, 0.2) is 42.0 Å². The molecule has 2 N–H and O–H groups in total. The van der Waals surface area contributed by atoms with Crippen LogP contribution in [0.2, 0.25) is 0 Å². The highest BCUT2D eigenvalue weighted by Crippen LogP contribution is 2.77. The number of rotatable bonds is 2. The van der Waals surface area contributed by atoms with Gasteiger partial charge in [-0.25, -0.2) is 0 Å². The van der Waals surface area contributed by atoms with E-state index < -0.39 is 0 Å². The molecule has 0 amide bonds. The number of benzene rings is 1. The van der Waals surface area contributed by atoms with E-state index in [1.54, 1.807) is 0 Å². The van der Waals surface area contributed by atoms with E-state index in [0.717, 1.165) is 23.7 Å². The average Bonchev–Trinajstić information content (AvgIpc) is 3.50. The highest BCUT2D eigenvalue weighted by Gasteiger charge is 2.72. The first-order valence-corrected chi connectivity index (χ1v) is 12.1. The van der Waals surface area contributed by atoms with Gasteiger partial charge in [-0.3, -0.25) is 0 Å². The summed E-state index contributed by atoms with van der Waals surface area (Å²) >= 11 is 0. The quantitative estimate of drug-likeness (QED) is 0.586. The fraction of sp³-hybridized carbons (Fsp3) is 0.714. The Morgan fingerprint density at radius 1 is 0.867 bits per heavy atom. The minimum absolute atomic E-state index is 0.279. The van der Waals surface area contributed by atoms with E-state index in [1.807, 2.05) is 18.2 Å². The lowest BCUT2D eigenvalue weighted by Crippen LogP contribution is -2.54. The third-order valence-electron chi connectivity index (χ3n) is 10.0. The van der Waals surface area contributed by atoms with Crippen LogP contribution in [0, 0.1) is 52.8 Å². The molecule has 4 bridgehead atoms. The molecular formula is C28H42O2. The summed E-state index contributed by atoms with van der Waals surface area (Å²) in [6, 6.07) is 10.3. The lowest BCUT2D eigenvalue weighted by Gasteiger charge is -2.60. The van der Waals surface area contributed by atoms with Crippen molar-refractivity contribution in [3.8, 4) is 0 Å². The predicted molar refractivity (Wildman–Crippen MR) is 124 cm³/mol. The van der Waals surface area contributed by atoms with Crippen LogP contribution in [0.4, 0.5) is 0 Å². The summed E-state index contributed by atoms with van der Waals surface area (Å²) in [5.74, 6) is 4.31. The van der Waals surface area contributed by atoms with Crippen LogP contribution < -0.4 is 0 Å². The second-order valence-corrected chi connectivity index (χ2v) is 12.0. The van der Waals surface area contributed by atoms with Crippen LogP contribution >= 0.6 is 0 Å². The van der Waals surface area contributed by atoms with Crippen LogP contribution in [-0.4, -0.2) is 23.4 Å². The average molecular weight is 411 g/mol. The van der Waals surface area contributed by atoms with Crippen LogP contribution in [-0.2, 0) is 0 Å². The normalized spacial score (nSPS) is 40.0. The molecule has 0 unspecified atom stereocenters. The van der Waals surface area contributed by atoms with Gasteiger partial charge in [0.1, 0.15) is 0 Å². The summed E-state index contributed by atoms with van der Waals surface area (Å²) in [5, 5.41) is 18.5. The standard InChI is InChI=1S/C11H18O.C10H16O.C7H8/c1-10(2)7-3-8-5-11(8,6-12)9(10)4-7;1-10(2)8-4-3-7(6-11)9(10)5-8;1-7-5-3-2-4-6-7/h7-9,12H,3-6H2,1-2H3;3,8-9,11H,4-6H2,1-2H3;2-6H,1H3/t7-,8+,9+,11+;8-,9-;/m00./s1. The molecule has 166 valence electrons. The molecule has 1 aromatic carbocycles. The Morgan fingerprint density at radius 2 is 1.57 bits per heavy atom. The highest BCUT2D eigenvalue weighted by atomic mass is 16.3. The molecule has 0 aliphatic heterocycles. The fourth-order valence-corrected chi connectivity index (χ4v) is 7.37. The van der Waals surface area contributed by atoms with Crippen molar-refractivity contribution in [1.82, 2.24) is 0 Å². The Labute approximate surface area is 183 Å². The van der Waals surface area contributed by atoms with E-state index in [1.165, 1.54) is 43.2 Å². The van der Waals surface area contributed by atoms with Crippen molar-refractivity contribution in [2.75, 3.05) is 13.2 Å². The maximum Gasteiger partial charge on any atom is 0.0644 e. The van der Waals surface area contributed by atoms with Crippen LogP contribution in [0.5, 0.6) is 0 Å². The summed E-state index contributed by atoms with van der Waals surface area (Å²) < 4.78 is 0. The van der Waals surface area contributed by atoms with E-state index in [2.05, 4.69) is 52.8 Å². The molecule has 0 radical (unpaired) electrons. The predicted octanol–water partition coefficient (Wildman–Crippen LogP) is 6.02. The van der Waals surface area contributed by atoms with Gasteiger partial charge in [-0.15, -0.1) is 0 Å². The summed E-state index contributed by atoms with van der Waals surface area (Å²) in [6.45, 7) is 12.3. The summed E-state index contributed by atoms with van der Waals surface area (Å²) in [5.41, 5.74) is 4.04. The van der Waals surface area contributed by atoms with Gasteiger partial charge in [-0.1, -0.05) is 69.7 Å². The molecule has 0 aromatic heterocycles. The molecule has 0 heterocycles. The first-order chi connectivity index (χ1) is 14.2. The first-order valence-electron chi connectivity index (χ1n) is 12.1. The Kier molecular flexibility index (Phi) is 5.73. The largest absolute Gasteiger partial charge is 0.396 e. The van der Waals surface area contributed by atoms with Gasteiger partial charge in [0.15, 0.2) is 0 Å². The van der Waals surface area contributed by atoms with Crippen LogP contribution in [0.1, 0.15) is 65.4 Å². The van der Waals surface area contributed by atoms with Crippen molar-refractivity contribution in [2.45, 2.75) is 66.7 Å². The number of allylic oxidation sites excluding steroid dienone is 1. The molecular weight excluding hydrogens is 368 g/mol. The lowest BCUT2D eigenvalue weighted by atomic mass is 9.45. The van der Waals surface area contributed by atoms with Crippen LogP contribution in [0.3, 0.4) is 0 Å². The Bertz CT molecular complexity index is 777. The molecule has 2 heteroatoms. The van der Waals surface area contributed by atoms with Crippen molar-refractivity contribution >= 4 is 0 Å². The SMILES string of the molecule is CC1(C)[C@H]2CC=C(CO)[C@@H]1C2.CC1(C)[C@H]2C[C@@H]3C[C@]3(CO)[C@@H]1C2.Cc1ccccc1. The minimum Gasteiger partial charge on any atom is -0.396 e. The Morgan fingerprint density at radius 3 is 1.97 bits per heavy atom. The number of fused-ring (bicyclic) bond motifs is 1. The van der Waals surface area contributed by atoms with Gasteiger partial charge in [0.2, 0.25) is 0 Å². The number of aliphatic hydroxyl groups is 2. The molecule has 30 heavy (non-hydrogen) atoms. The zero-order valence-electron chi connectivity index (χ0n) is 19.7. The summed E-state index contributed by atoms with van der Waals surface area (Å²) in [6.07, 6.45) is 8.89. The monoisotopic (exact) mass is 410 g/mol. The lowest BCUT2D eigenvalue weighted by molar-refractivity contribution is -0.125. The van der Waals surface area contributed by atoms with Gasteiger partial charge in [0.25, 0.3) is 0 Å². The zero-order chi connectivity index (χ0) is 21.7. The second kappa shape index (κ2) is 7.78. The first kappa shape index (κ1) is 22.1. The minimum atomic E-state index is 0.279. The second-order valence-electron chi connectivity index (χ2n) is 12.0. The topological polar surface area (TPSA) is 40.5 Å². The van der Waals surface area contributed by atoms with Crippen molar-refractivity contribution in [3.63, 3.8) is 0 Å². The third kappa shape index (κ3) is 3.48. The molecule has 7 aliphatic rings. The zero-order valence-corrected chi connectivity index (χ0v) is 19.7. The molecule has 2 nitrogen and oxygen atoms in total. The van der Waals surface area contributed by atoms with Crippen LogP contribution in [0.25, 0.3) is 0 Å². The summed E-state index contributed by atoms with van der Waals surface area (Å²) in [7, 11) is 0. The van der Waals surface area contributed by atoms with Gasteiger partial charge in [-0.05, 0) is 90.4 Å². The van der Waals surface area contributed by atoms with Gasteiger partial charge in [0.05, 0.1) is 6.61 Å². The molecule has 6 atom stereocenters. The van der Waals surface area contributed by atoms with Crippen molar-refractivity contribution in [3.05, 3.63) is 47.5 Å². The van der Waals surface area contributed by atoms with Crippen molar-refractivity contribution in [1.29, 1.82) is 0 Å². The molecule has 5 saturated carbocycles. The molecule has 0 saturated heterocycles. The highest BCUT2D eigenvalue weighted by molar-refractivity contribution is 5.23. The number of aliphatic hydroxyl groups excluding tert-OH is 2. The van der Waals surface area contributed by atoms with E-state index in [4.69, 9.17) is 5.11 Å². The fourth-order valence-electron chi connectivity index (χ4n) is 7.37.